The molecule has 21 heavy (non-hydrogen) atoms. The Bertz CT molecular complexity index is 564. The van der Waals surface area contributed by atoms with Crippen molar-refractivity contribution < 1.29 is 9.90 Å². The molecule has 3 nitrogen and oxygen atoms in total. The van der Waals surface area contributed by atoms with Crippen LogP contribution in [0.15, 0.2) is 54.6 Å². The maximum Gasteiger partial charge on any atom is 0.335 e. The van der Waals surface area contributed by atoms with E-state index in [4.69, 9.17) is 5.11 Å². The molecule has 0 aliphatic rings. The Kier molecular flexibility index (Phi) is 5.52. The Labute approximate surface area is 125 Å². The minimum atomic E-state index is -0.883. The van der Waals surface area contributed by atoms with Crippen LogP contribution in [-0.2, 0) is 6.54 Å². The molecule has 3 heteroatoms. The number of aromatic carboxylic acids is 1. The second kappa shape index (κ2) is 7.60. The van der Waals surface area contributed by atoms with Crippen LogP contribution in [0.1, 0.15) is 40.7 Å². The van der Waals surface area contributed by atoms with Gasteiger partial charge in [-0.25, -0.2) is 4.79 Å². The van der Waals surface area contributed by atoms with Crippen molar-refractivity contribution in [2.75, 3.05) is 6.54 Å². The highest BCUT2D eigenvalue weighted by Gasteiger charge is 2.04. The lowest BCUT2D eigenvalue weighted by molar-refractivity contribution is 0.0697. The van der Waals surface area contributed by atoms with Crippen molar-refractivity contribution in [2.24, 2.45) is 0 Å². The van der Waals surface area contributed by atoms with Gasteiger partial charge < -0.3 is 10.4 Å². The van der Waals surface area contributed by atoms with Crippen LogP contribution in [0.25, 0.3) is 0 Å². The molecule has 2 rings (SSSR count). The van der Waals surface area contributed by atoms with Crippen molar-refractivity contribution in [1.82, 2.24) is 5.32 Å². The van der Waals surface area contributed by atoms with Gasteiger partial charge in [-0.1, -0.05) is 49.4 Å². The van der Waals surface area contributed by atoms with E-state index in [2.05, 4.69) is 36.5 Å². The van der Waals surface area contributed by atoms with Crippen LogP contribution < -0.4 is 5.32 Å². The van der Waals surface area contributed by atoms with Crippen LogP contribution >= 0.6 is 0 Å². The third kappa shape index (κ3) is 4.72. The number of benzene rings is 2. The summed E-state index contributed by atoms with van der Waals surface area (Å²) in [6, 6.07) is 17.5. The van der Waals surface area contributed by atoms with Crippen molar-refractivity contribution in [3.63, 3.8) is 0 Å². The van der Waals surface area contributed by atoms with Gasteiger partial charge in [-0.2, -0.15) is 0 Å². The molecule has 0 fully saturated rings. The van der Waals surface area contributed by atoms with Crippen LogP contribution in [0.3, 0.4) is 0 Å². The SMILES string of the molecule is CC(CCNCc1ccc(C(=O)O)cc1)c1ccccc1. The number of nitrogens with one attached hydrogen (secondary N) is 1. The normalized spacial score (nSPS) is 12.0. The molecule has 0 aliphatic heterocycles. The van der Waals surface area contributed by atoms with Crippen molar-refractivity contribution in [1.29, 1.82) is 0 Å². The summed E-state index contributed by atoms with van der Waals surface area (Å²) in [5.74, 6) is -0.348. The van der Waals surface area contributed by atoms with Crippen LogP contribution in [0.4, 0.5) is 0 Å². The van der Waals surface area contributed by atoms with Gasteiger partial charge >= 0.3 is 5.97 Å². The summed E-state index contributed by atoms with van der Waals surface area (Å²) in [4.78, 5) is 10.8. The Hall–Kier alpha value is -2.13. The topological polar surface area (TPSA) is 49.3 Å². The Balaban J connectivity index is 1.73. The maximum absolute atomic E-state index is 10.8. The highest BCUT2D eigenvalue weighted by molar-refractivity contribution is 5.87. The molecular formula is C18H21NO2. The van der Waals surface area contributed by atoms with Crippen molar-refractivity contribution in [2.45, 2.75) is 25.8 Å². The lowest BCUT2D eigenvalue weighted by atomic mass is 9.98. The molecule has 1 unspecified atom stereocenters. The predicted octanol–water partition coefficient (Wildman–Crippen LogP) is 3.67. The first-order valence-electron chi connectivity index (χ1n) is 7.24. The molecule has 0 amide bonds. The van der Waals surface area contributed by atoms with Crippen LogP contribution in [-0.4, -0.2) is 17.6 Å². The molecule has 0 aromatic heterocycles. The number of carboxylic acid groups (broad SMARTS) is 1. The van der Waals surface area contributed by atoms with Gasteiger partial charge in [0.1, 0.15) is 0 Å². The highest BCUT2D eigenvalue weighted by Crippen LogP contribution is 2.17. The molecule has 0 saturated carbocycles. The van der Waals surface area contributed by atoms with E-state index in [0.717, 1.165) is 25.1 Å². The number of hydrogen-bond acceptors (Lipinski definition) is 2. The quantitative estimate of drug-likeness (QED) is 0.762. The molecular weight excluding hydrogens is 262 g/mol. The van der Waals surface area contributed by atoms with E-state index in [1.807, 2.05) is 18.2 Å². The van der Waals surface area contributed by atoms with Gasteiger partial charge in [-0.3, -0.25) is 0 Å². The number of rotatable bonds is 7. The lowest BCUT2D eigenvalue weighted by Crippen LogP contribution is -2.16. The Morgan fingerprint density at radius 3 is 2.38 bits per heavy atom. The van der Waals surface area contributed by atoms with Gasteiger partial charge in [0.05, 0.1) is 5.56 Å². The van der Waals surface area contributed by atoms with Crippen LogP contribution in [0, 0.1) is 0 Å². The van der Waals surface area contributed by atoms with E-state index in [0.29, 0.717) is 11.5 Å². The van der Waals surface area contributed by atoms with Gasteiger partial charge in [0, 0.05) is 6.54 Å². The molecule has 0 spiro atoms. The van der Waals surface area contributed by atoms with E-state index in [9.17, 15) is 4.79 Å². The first-order valence-corrected chi connectivity index (χ1v) is 7.24. The van der Waals surface area contributed by atoms with Crippen molar-refractivity contribution in [3.05, 3.63) is 71.3 Å². The fourth-order valence-electron chi connectivity index (χ4n) is 2.26. The first kappa shape index (κ1) is 15.3. The fraction of sp³-hybridized carbons (Fsp3) is 0.278. The van der Waals surface area contributed by atoms with E-state index in [-0.39, 0.29) is 0 Å². The standard InChI is InChI=1S/C18H21NO2/c1-14(16-5-3-2-4-6-16)11-12-19-13-15-7-9-17(10-8-15)18(20)21/h2-10,14,19H,11-13H2,1H3,(H,20,21). The molecule has 0 radical (unpaired) electrons. The van der Waals surface area contributed by atoms with Gasteiger partial charge in [-0.05, 0) is 42.1 Å². The average Bonchev–Trinajstić information content (AvgIpc) is 2.52. The third-order valence-electron chi connectivity index (χ3n) is 3.65. The average molecular weight is 283 g/mol. The molecule has 0 bridgehead atoms. The maximum atomic E-state index is 10.8. The predicted molar refractivity (Wildman–Crippen MR) is 84.6 cm³/mol. The molecule has 0 heterocycles. The van der Waals surface area contributed by atoms with Gasteiger partial charge in [-0.15, -0.1) is 0 Å². The lowest BCUT2D eigenvalue weighted by Gasteiger charge is -2.12. The fourth-order valence-corrected chi connectivity index (χ4v) is 2.26. The number of carboxylic acids is 1. The third-order valence-corrected chi connectivity index (χ3v) is 3.65. The van der Waals surface area contributed by atoms with Crippen molar-refractivity contribution in [3.8, 4) is 0 Å². The second-order valence-corrected chi connectivity index (χ2v) is 5.28. The first-order chi connectivity index (χ1) is 10.2. The molecule has 0 saturated heterocycles. The second-order valence-electron chi connectivity index (χ2n) is 5.28. The van der Waals surface area contributed by atoms with E-state index in [1.165, 1.54) is 5.56 Å². The molecule has 2 aromatic rings. The number of carbonyl (C=O) groups is 1. The van der Waals surface area contributed by atoms with E-state index in [1.54, 1.807) is 12.1 Å². The summed E-state index contributed by atoms with van der Waals surface area (Å²) in [5, 5.41) is 12.2. The molecule has 2 aromatic carbocycles. The largest absolute Gasteiger partial charge is 0.478 e. The molecule has 1 atom stereocenters. The number of hydrogen-bond donors (Lipinski definition) is 2. The van der Waals surface area contributed by atoms with E-state index >= 15 is 0 Å². The summed E-state index contributed by atoms with van der Waals surface area (Å²) in [6.45, 7) is 3.94. The van der Waals surface area contributed by atoms with Gasteiger partial charge in [0.15, 0.2) is 0 Å². The summed E-state index contributed by atoms with van der Waals surface area (Å²) in [7, 11) is 0. The zero-order valence-electron chi connectivity index (χ0n) is 12.3. The minimum absolute atomic E-state index is 0.330. The van der Waals surface area contributed by atoms with Gasteiger partial charge in [0.25, 0.3) is 0 Å². The minimum Gasteiger partial charge on any atom is -0.478 e. The Morgan fingerprint density at radius 2 is 1.76 bits per heavy atom. The van der Waals surface area contributed by atoms with E-state index < -0.39 is 5.97 Å². The summed E-state index contributed by atoms with van der Waals surface area (Å²) >= 11 is 0. The zero-order chi connectivity index (χ0) is 15.1. The monoisotopic (exact) mass is 283 g/mol. The Morgan fingerprint density at radius 1 is 1.10 bits per heavy atom. The highest BCUT2D eigenvalue weighted by atomic mass is 16.4. The zero-order valence-corrected chi connectivity index (χ0v) is 12.3. The molecule has 2 N–H and O–H groups in total. The smallest absolute Gasteiger partial charge is 0.335 e. The molecule has 0 aliphatic carbocycles. The van der Waals surface area contributed by atoms with Crippen LogP contribution in [0.2, 0.25) is 0 Å². The summed E-state index contributed by atoms with van der Waals surface area (Å²) < 4.78 is 0. The summed E-state index contributed by atoms with van der Waals surface area (Å²) in [5.41, 5.74) is 2.80. The summed E-state index contributed by atoms with van der Waals surface area (Å²) in [6.07, 6.45) is 1.08. The van der Waals surface area contributed by atoms with Crippen molar-refractivity contribution >= 4 is 5.97 Å². The molecule has 110 valence electrons. The van der Waals surface area contributed by atoms with Crippen LogP contribution in [0.5, 0.6) is 0 Å². The van der Waals surface area contributed by atoms with Gasteiger partial charge in [0.2, 0.25) is 0 Å².